The smallest absolute Gasteiger partial charge is 0.0768 e. The maximum absolute atomic E-state index is 11.0. The van der Waals surface area contributed by atoms with Crippen molar-refractivity contribution in [1.82, 2.24) is 0 Å². The first-order valence-electron chi connectivity index (χ1n) is 6.14. The maximum Gasteiger partial charge on any atom is 0.0768 e. The molecule has 15 heavy (non-hydrogen) atoms. The first kappa shape index (κ1) is 11.2. The Morgan fingerprint density at radius 3 is 2.33 bits per heavy atom. The van der Waals surface area contributed by atoms with E-state index in [1.54, 1.807) is 0 Å². The van der Waals surface area contributed by atoms with Gasteiger partial charge >= 0.3 is 0 Å². The molecule has 0 aromatic rings. The molecule has 0 aromatic heterocycles. The van der Waals surface area contributed by atoms with E-state index in [2.05, 4.69) is 34.3 Å². The average molecular weight is 208 g/mol. The van der Waals surface area contributed by atoms with E-state index in [-0.39, 0.29) is 16.7 Å². The molecular weight excluding hydrogens is 184 g/mol. The van der Waals surface area contributed by atoms with Gasteiger partial charge in [-0.3, -0.25) is 0 Å². The highest BCUT2D eigenvalue weighted by Gasteiger charge is 2.69. The summed E-state index contributed by atoms with van der Waals surface area (Å²) in [5.74, 6) is 0.891. The summed E-state index contributed by atoms with van der Waals surface area (Å²) in [5.41, 5.74) is -0.182. The molecule has 0 aliphatic heterocycles. The molecule has 4 atom stereocenters. The van der Waals surface area contributed by atoms with Crippen molar-refractivity contribution in [2.75, 3.05) is 0 Å². The highest BCUT2D eigenvalue weighted by Crippen LogP contribution is 2.71. The lowest BCUT2D eigenvalue weighted by molar-refractivity contribution is -0.113. The van der Waals surface area contributed by atoms with Crippen LogP contribution in [0.15, 0.2) is 12.7 Å². The Morgan fingerprint density at radius 2 is 2.00 bits per heavy atom. The average Bonchev–Trinajstić information content (AvgIpc) is 2.48. The van der Waals surface area contributed by atoms with Crippen LogP contribution in [-0.4, -0.2) is 10.7 Å². The molecule has 0 amide bonds. The van der Waals surface area contributed by atoms with Crippen LogP contribution in [0.2, 0.25) is 0 Å². The second-order valence-electron chi connectivity index (χ2n) is 6.44. The van der Waals surface area contributed by atoms with Crippen LogP contribution in [0.25, 0.3) is 0 Å². The highest BCUT2D eigenvalue weighted by molar-refractivity contribution is 5.20. The molecule has 2 rings (SSSR count). The molecule has 1 heteroatoms. The largest absolute Gasteiger partial charge is 0.389 e. The van der Waals surface area contributed by atoms with Gasteiger partial charge in [0.05, 0.1) is 5.60 Å². The van der Waals surface area contributed by atoms with Crippen LogP contribution in [-0.2, 0) is 0 Å². The van der Waals surface area contributed by atoms with Crippen molar-refractivity contribution < 1.29 is 5.11 Å². The van der Waals surface area contributed by atoms with E-state index in [1.165, 1.54) is 12.8 Å². The Balaban J connectivity index is 2.45. The summed E-state index contributed by atoms with van der Waals surface area (Å²) >= 11 is 0. The first-order chi connectivity index (χ1) is 6.79. The summed E-state index contributed by atoms with van der Waals surface area (Å²) in [6.45, 7) is 12.9. The van der Waals surface area contributed by atoms with Crippen LogP contribution in [0.5, 0.6) is 0 Å². The number of hydrogen-bond donors (Lipinski definition) is 1. The van der Waals surface area contributed by atoms with Gasteiger partial charge in [0.2, 0.25) is 0 Å². The summed E-state index contributed by atoms with van der Waals surface area (Å²) < 4.78 is 0. The summed E-state index contributed by atoms with van der Waals surface area (Å²) in [6, 6.07) is 0. The third-order valence-electron chi connectivity index (χ3n) is 6.06. The molecule has 1 nitrogen and oxygen atoms in total. The molecule has 2 fully saturated rings. The van der Waals surface area contributed by atoms with Gasteiger partial charge in [0.25, 0.3) is 0 Å². The first-order valence-corrected chi connectivity index (χ1v) is 6.14. The molecule has 2 aliphatic rings. The van der Waals surface area contributed by atoms with Crippen LogP contribution in [0.1, 0.15) is 47.0 Å². The van der Waals surface area contributed by atoms with Crippen molar-refractivity contribution in [2.45, 2.75) is 52.6 Å². The van der Waals surface area contributed by atoms with Gasteiger partial charge in [-0.2, -0.15) is 0 Å². The monoisotopic (exact) mass is 208 g/mol. The number of rotatable bonds is 2. The molecule has 0 saturated heterocycles. The van der Waals surface area contributed by atoms with E-state index in [4.69, 9.17) is 0 Å². The molecular formula is C14H24O. The third kappa shape index (κ3) is 1.03. The molecule has 2 bridgehead atoms. The Labute approximate surface area is 93.6 Å². The van der Waals surface area contributed by atoms with Crippen LogP contribution in [0, 0.1) is 22.7 Å². The zero-order chi connectivity index (χ0) is 11.5. The quantitative estimate of drug-likeness (QED) is 0.690. The zero-order valence-electron chi connectivity index (χ0n) is 10.5. The second-order valence-corrected chi connectivity index (χ2v) is 6.44. The van der Waals surface area contributed by atoms with E-state index in [1.807, 2.05) is 6.08 Å². The lowest BCUT2D eigenvalue weighted by Gasteiger charge is -2.48. The minimum Gasteiger partial charge on any atom is -0.389 e. The fraction of sp³-hybridized carbons (Fsp3) is 0.857. The van der Waals surface area contributed by atoms with E-state index in [0.717, 1.165) is 6.42 Å². The number of hydrogen-bond acceptors (Lipinski definition) is 1. The van der Waals surface area contributed by atoms with E-state index in [0.29, 0.717) is 5.92 Å². The van der Waals surface area contributed by atoms with Crippen LogP contribution in [0.3, 0.4) is 0 Å². The van der Waals surface area contributed by atoms with E-state index < -0.39 is 5.60 Å². The molecule has 2 aliphatic carbocycles. The van der Waals surface area contributed by atoms with Crippen molar-refractivity contribution >= 4 is 0 Å². The van der Waals surface area contributed by atoms with E-state index in [9.17, 15) is 5.11 Å². The van der Waals surface area contributed by atoms with Crippen LogP contribution < -0.4 is 0 Å². The van der Waals surface area contributed by atoms with Gasteiger partial charge in [0.1, 0.15) is 0 Å². The Kier molecular flexibility index (Phi) is 2.15. The van der Waals surface area contributed by atoms with Crippen molar-refractivity contribution in [2.24, 2.45) is 22.7 Å². The molecule has 2 saturated carbocycles. The van der Waals surface area contributed by atoms with Gasteiger partial charge < -0.3 is 5.11 Å². The van der Waals surface area contributed by atoms with Crippen molar-refractivity contribution in [3.05, 3.63) is 12.7 Å². The number of fused-ring (bicyclic) bond motifs is 2. The minimum absolute atomic E-state index is 0.0677. The number of aliphatic hydroxyl groups is 1. The van der Waals surface area contributed by atoms with Gasteiger partial charge in [0, 0.05) is 11.3 Å². The molecule has 0 radical (unpaired) electrons. The minimum atomic E-state index is -0.527. The molecule has 0 unspecified atom stereocenters. The van der Waals surface area contributed by atoms with Crippen molar-refractivity contribution in [3.63, 3.8) is 0 Å². The maximum atomic E-state index is 11.0. The summed E-state index contributed by atoms with van der Waals surface area (Å²) in [4.78, 5) is 0. The molecule has 0 aromatic carbocycles. The van der Waals surface area contributed by atoms with Crippen LogP contribution in [0.4, 0.5) is 0 Å². The predicted molar refractivity (Wildman–Crippen MR) is 63.5 cm³/mol. The Bertz CT molecular complexity index is 294. The highest BCUT2D eigenvalue weighted by atomic mass is 16.3. The van der Waals surface area contributed by atoms with Gasteiger partial charge in [-0.25, -0.2) is 0 Å². The van der Waals surface area contributed by atoms with Crippen molar-refractivity contribution in [1.29, 1.82) is 0 Å². The fourth-order valence-electron chi connectivity index (χ4n) is 4.21. The van der Waals surface area contributed by atoms with Crippen LogP contribution >= 0.6 is 0 Å². The standard InChI is InChI=1S/C14H24O/c1-6-10(2)14(15)9-11-7-8-13(14,5)12(11,3)4/h6,10-11,15H,1,7-9H2,2-5H3/t10-,11+,13+,14+/m1/s1. The second kappa shape index (κ2) is 2.88. The Hall–Kier alpha value is -0.300. The van der Waals surface area contributed by atoms with E-state index >= 15 is 0 Å². The Morgan fingerprint density at radius 1 is 1.40 bits per heavy atom. The lowest BCUT2D eigenvalue weighted by atomic mass is 9.61. The lowest BCUT2D eigenvalue weighted by Crippen LogP contribution is -2.51. The molecule has 0 heterocycles. The summed E-state index contributed by atoms with van der Waals surface area (Å²) in [7, 11) is 0. The molecule has 0 spiro atoms. The summed E-state index contributed by atoms with van der Waals surface area (Å²) in [6.07, 6.45) is 5.33. The van der Waals surface area contributed by atoms with Crippen molar-refractivity contribution in [3.8, 4) is 0 Å². The van der Waals surface area contributed by atoms with Gasteiger partial charge in [0.15, 0.2) is 0 Å². The fourth-order valence-corrected chi connectivity index (χ4v) is 4.21. The summed E-state index contributed by atoms with van der Waals surface area (Å²) in [5, 5.41) is 11.0. The van der Waals surface area contributed by atoms with Gasteiger partial charge in [-0.1, -0.05) is 33.8 Å². The van der Waals surface area contributed by atoms with Gasteiger partial charge in [-0.15, -0.1) is 6.58 Å². The van der Waals surface area contributed by atoms with Gasteiger partial charge in [-0.05, 0) is 30.6 Å². The SMILES string of the molecule is C=C[C@@H](C)[C@@]1(O)C[C@@H]2CC[C@@]1(C)C2(C)C. The topological polar surface area (TPSA) is 20.2 Å². The predicted octanol–water partition coefficient (Wildman–Crippen LogP) is 3.39. The zero-order valence-corrected chi connectivity index (χ0v) is 10.5. The molecule has 1 N–H and O–H groups in total. The normalized spacial score (nSPS) is 49.3. The molecule has 86 valence electrons. The third-order valence-corrected chi connectivity index (χ3v) is 6.06.